The highest BCUT2D eigenvalue weighted by Gasteiger charge is 2.39. The first-order valence-corrected chi connectivity index (χ1v) is 8.39. The molecule has 0 bridgehead atoms. The van der Waals surface area contributed by atoms with Crippen LogP contribution in [0.5, 0.6) is 0 Å². The molecule has 0 amide bonds. The topological polar surface area (TPSA) is 18.5 Å². The fourth-order valence-electron chi connectivity index (χ4n) is 4.01. The lowest BCUT2D eigenvalue weighted by atomic mass is 10.0. The van der Waals surface area contributed by atoms with Crippen LogP contribution in [0.4, 0.5) is 0 Å². The summed E-state index contributed by atoms with van der Waals surface area (Å²) in [5.41, 5.74) is 0. The van der Waals surface area contributed by atoms with E-state index in [0.717, 1.165) is 30.2 Å². The van der Waals surface area contributed by atoms with Crippen LogP contribution >= 0.6 is 0 Å². The number of nitrogens with zero attached hydrogens (tertiary/aromatic N) is 2. The zero-order valence-corrected chi connectivity index (χ0v) is 12.9. The van der Waals surface area contributed by atoms with E-state index in [-0.39, 0.29) is 0 Å². The van der Waals surface area contributed by atoms with Crippen LogP contribution in [0.3, 0.4) is 0 Å². The van der Waals surface area contributed by atoms with Gasteiger partial charge in [-0.15, -0.1) is 0 Å². The summed E-state index contributed by atoms with van der Waals surface area (Å²) < 4.78 is 0. The van der Waals surface area contributed by atoms with Crippen molar-refractivity contribution in [2.24, 2.45) is 0 Å². The van der Waals surface area contributed by atoms with Crippen LogP contribution in [0.1, 0.15) is 52.9 Å². The van der Waals surface area contributed by atoms with E-state index in [1.807, 2.05) is 0 Å². The number of rotatable bonds is 4. The Balaban J connectivity index is 1.43. The molecule has 0 radical (unpaired) electrons. The van der Waals surface area contributed by atoms with Crippen molar-refractivity contribution in [1.29, 1.82) is 0 Å². The van der Waals surface area contributed by atoms with Crippen molar-refractivity contribution < 1.29 is 0 Å². The van der Waals surface area contributed by atoms with Crippen LogP contribution < -0.4 is 5.32 Å². The number of likely N-dealkylation sites (tertiary alicyclic amines) is 2. The lowest BCUT2D eigenvalue weighted by Crippen LogP contribution is -2.48. The lowest BCUT2D eigenvalue weighted by molar-refractivity contribution is 0.156. The molecular weight excluding hydrogens is 234 g/mol. The van der Waals surface area contributed by atoms with Crippen molar-refractivity contribution in [3.05, 3.63) is 0 Å². The number of piperidine rings is 1. The first-order valence-electron chi connectivity index (χ1n) is 8.39. The smallest absolute Gasteiger partial charge is 0.0212 e. The average Bonchev–Trinajstić information content (AvgIpc) is 3.15. The van der Waals surface area contributed by atoms with Gasteiger partial charge < -0.3 is 10.2 Å². The van der Waals surface area contributed by atoms with Crippen molar-refractivity contribution in [1.82, 2.24) is 15.1 Å². The maximum Gasteiger partial charge on any atom is 0.0212 e. The summed E-state index contributed by atoms with van der Waals surface area (Å²) >= 11 is 0. The van der Waals surface area contributed by atoms with Gasteiger partial charge in [0.2, 0.25) is 0 Å². The second-order valence-electron chi connectivity index (χ2n) is 7.28. The molecule has 1 aliphatic carbocycles. The third kappa shape index (κ3) is 3.32. The SMILES string of the molecule is CC(C)N1CCC(NC2CC(C)N(C3CC3)C2)CC1. The van der Waals surface area contributed by atoms with E-state index in [2.05, 4.69) is 35.9 Å². The molecule has 3 aliphatic rings. The predicted octanol–water partition coefficient (Wildman–Crippen LogP) is 2.07. The van der Waals surface area contributed by atoms with Gasteiger partial charge in [-0.3, -0.25) is 4.90 Å². The van der Waals surface area contributed by atoms with Crippen molar-refractivity contribution in [3.63, 3.8) is 0 Å². The summed E-state index contributed by atoms with van der Waals surface area (Å²) in [6, 6.07) is 3.99. The molecule has 1 saturated carbocycles. The Kier molecular flexibility index (Phi) is 4.16. The van der Waals surface area contributed by atoms with Gasteiger partial charge in [0.1, 0.15) is 0 Å². The van der Waals surface area contributed by atoms with E-state index in [1.54, 1.807) is 0 Å². The molecule has 3 heteroatoms. The minimum absolute atomic E-state index is 0.720. The normalized spacial score (nSPS) is 35.4. The Morgan fingerprint density at radius 3 is 2.26 bits per heavy atom. The Hall–Kier alpha value is -0.120. The van der Waals surface area contributed by atoms with Crippen molar-refractivity contribution >= 4 is 0 Å². The highest BCUT2D eigenvalue weighted by atomic mass is 15.3. The molecule has 110 valence electrons. The molecule has 0 aromatic carbocycles. The monoisotopic (exact) mass is 265 g/mol. The fourth-order valence-corrected chi connectivity index (χ4v) is 4.01. The maximum atomic E-state index is 3.95. The van der Waals surface area contributed by atoms with Crippen molar-refractivity contribution in [2.45, 2.75) is 83.1 Å². The van der Waals surface area contributed by atoms with Gasteiger partial charge in [-0.1, -0.05) is 0 Å². The summed E-state index contributed by atoms with van der Waals surface area (Å²) in [7, 11) is 0. The molecule has 1 N–H and O–H groups in total. The summed E-state index contributed by atoms with van der Waals surface area (Å²) in [4.78, 5) is 5.37. The van der Waals surface area contributed by atoms with Gasteiger partial charge in [0.25, 0.3) is 0 Å². The van der Waals surface area contributed by atoms with Gasteiger partial charge in [0.15, 0.2) is 0 Å². The maximum absolute atomic E-state index is 3.95. The Labute approximate surface area is 118 Å². The summed E-state index contributed by atoms with van der Waals surface area (Å²) in [6.45, 7) is 10.9. The molecule has 0 aromatic rings. The molecule has 2 atom stereocenters. The molecule has 2 aliphatic heterocycles. The number of hydrogen-bond acceptors (Lipinski definition) is 3. The van der Waals surface area contributed by atoms with Crippen molar-refractivity contribution in [2.75, 3.05) is 19.6 Å². The lowest BCUT2D eigenvalue weighted by Gasteiger charge is -2.36. The second-order valence-corrected chi connectivity index (χ2v) is 7.28. The molecule has 3 nitrogen and oxygen atoms in total. The number of nitrogens with one attached hydrogen (secondary N) is 1. The molecule has 19 heavy (non-hydrogen) atoms. The molecule has 0 aromatic heterocycles. The van der Waals surface area contributed by atoms with Crippen LogP contribution in [0.15, 0.2) is 0 Å². The Morgan fingerprint density at radius 2 is 1.68 bits per heavy atom. The molecular formula is C16H31N3. The van der Waals surface area contributed by atoms with E-state index in [9.17, 15) is 0 Å². The van der Waals surface area contributed by atoms with Gasteiger partial charge >= 0.3 is 0 Å². The summed E-state index contributed by atoms with van der Waals surface area (Å²) in [6.07, 6.45) is 6.94. The van der Waals surface area contributed by atoms with Crippen molar-refractivity contribution in [3.8, 4) is 0 Å². The van der Waals surface area contributed by atoms with E-state index >= 15 is 0 Å². The highest BCUT2D eigenvalue weighted by Crippen LogP contribution is 2.33. The van der Waals surface area contributed by atoms with Crippen LogP contribution in [-0.2, 0) is 0 Å². The zero-order valence-electron chi connectivity index (χ0n) is 12.9. The van der Waals surface area contributed by atoms with Crippen LogP contribution in [-0.4, -0.2) is 59.6 Å². The highest BCUT2D eigenvalue weighted by molar-refractivity contribution is 4.97. The van der Waals surface area contributed by atoms with E-state index in [0.29, 0.717) is 0 Å². The molecule has 3 rings (SSSR count). The van der Waals surface area contributed by atoms with E-state index in [1.165, 1.54) is 51.7 Å². The minimum Gasteiger partial charge on any atom is -0.310 e. The number of hydrogen-bond donors (Lipinski definition) is 1. The van der Waals surface area contributed by atoms with Gasteiger partial charge in [-0.05, 0) is 66.0 Å². The van der Waals surface area contributed by atoms with Gasteiger partial charge in [-0.25, -0.2) is 0 Å². The van der Waals surface area contributed by atoms with E-state index < -0.39 is 0 Å². The Bertz CT molecular complexity index is 292. The minimum atomic E-state index is 0.720. The molecule has 3 fully saturated rings. The van der Waals surface area contributed by atoms with Crippen LogP contribution in [0.2, 0.25) is 0 Å². The average molecular weight is 265 g/mol. The fraction of sp³-hybridized carbons (Fsp3) is 1.00. The molecule has 2 heterocycles. The van der Waals surface area contributed by atoms with Crippen LogP contribution in [0.25, 0.3) is 0 Å². The molecule has 2 unspecified atom stereocenters. The third-order valence-electron chi connectivity index (χ3n) is 5.37. The van der Waals surface area contributed by atoms with Gasteiger partial charge in [0.05, 0.1) is 0 Å². The first kappa shape index (κ1) is 13.8. The van der Waals surface area contributed by atoms with Gasteiger partial charge in [0, 0.05) is 36.8 Å². The molecule has 0 spiro atoms. The van der Waals surface area contributed by atoms with E-state index in [4.69, 9.17) is 0 Å². The zero-order chi connectivity index (χ0) is 13.4. The summed E-state index contributed by atoms with van der Waals surface area (Å²) in [5.74, 6) is 0. The largest absolute Gasteiger partial charge is 0.310 e. The predicted molar refractivity (Wildman–Crippen MR) is 80.5 cm³/mol. The molecule has 2 saturated heterocycles. The first-order chi connectivity index (χ1) is 9.13. The Morgan fingerprint density at radius 1 is 1.00 bits per heavy atom. The quantitative estimate of drug-likeness (QED) is 0.839. The van der Waals surface area contributed by atoms with Crippen LogP contribution in [0, 0.1) is 0 Å². The summed E-state index contributed by atoms with van der Waals surface area (Å²) in [5, 5.41) is 3.95. The third-order valence-corrected chi connectivity index (χ3v) is 5.37. The second kappa shape index (κ2) is 5.71. The standard InChI is InChI=1S/C16H31N3/c1-12(2)18-8-6-14(7-9-18)17-15-10-13(3)19(11-15)16-4-5-16/h12-17H,4-11H2,1-3H3. The van der Waals surface area contributed by atoms with Gasteiger partial charge in [-0.2, -0.15) is 0 Å².